The molecule has 0 unspecified atom stereocenters. The van der Waals surface area contributed by atoms with E-state index in [9.17, 15) is 13.2 Å². The summed E-state index contributed by atoms with van der Waals surface area (Å²) in [5.74, 6) is 0.457. The van der Waals surface area contributed by atoms with Crippen molar-refractivity contribution in [3.05, 3.63) is 59.2 Å². The lowest BCUT2D eigenvalue weighted by Gasteiger charge is -2.11. The van der Waals surface area contributed by atoms with E-state index >= 15 is 0 Å². The molecule has 2 rings (SSSR count). The summed E-state index contributed by atoms with van der Waals surface area (Å²) < 4.78 is 32.5. The van der Waals surface area contributed by atoms with Crippen molar-refractivity contribution in [2.24, 2.45) is 0 Å². The van der Waals surface area contributed by atoms with Gasteiger partial charge < -0.3 is 10.1 Å². The maximum Gasteiger partial charge on any atom is 0.251 e. The van der Waals surface area contributed by atoms with E-state index in [4.69, 9.17) is 4.74 Å². The average Bonchev–Trinajstić information content (AvgIpc) is 2.67. The molecular weight excluding hydrogens is 376 g/mol. The Labute approximate surface area is 167 Å². The zero-order valence-electron chi connectivity index (χ0n) is 16.6. The predicted molar refractivity (Wildman–Crippen MR) is 110 cm³/mol. The zero-order valence-corrected chi connectivity index (χ0v) is 17.4. The van der Waals surface area contributed by atoms with E-state index in [0.29, 0.717) is 24.3 Å². The van der Waals surface area contributed by atoms with Crippen LogP contribution in [-0.2, 0) is 16.6 Å². The Morgan fingerprint density at radius 2 is 1.89 bits per heavy atom. The Hall–Kier alpha value is -2.38. The van der Waals surface area contributed by atoms with Gasteiger partial charge in [-0.3, -0.25) is 4.79 Å². The van der Waals surface area contributed by atoms with Crippen LogP contribution in [0.2, 0.25) is 0 Å². The molecule has 0 saturated carbocycles. The van der Waals surface area contributed by atoms with Crippen LogP contribution >= 0.6 is 0 Å². The SMILES string of the molecule is CCCCOc1cccc(CNC(=O)c2cc(S(=O)(=O)NCC)ccc2C)c1. The molecule has 0 spiro atoms. The number of carbonyl (C=O) groups is 1. The van der Waals surface area contributed by atoms with Crippen LogP contribution in [0.3, 0.4) is 0 Å². The van der Waals surface area contributed by atoms with Crippen molar-refractivity contribution in [2.75, 3.05) is 13.2 Å². The number of amides is 1. The largest absolute Gasteiger partial charge is 0.494 e. The van der Waals surface area contributed by atoms with E-state index in [-0.39, 0.29) is 17.3 Å². The fourth-order valence-corrected chi connectivity index (χ4v) is 3.71. The van der Waals surface area contributed by atoms with Crippen molar-refractivity contribution < 1.29 is 17.9 Å². The van der Waals surface area contributed by atoms with Crippen molar-refractivity contribution >= 4 is 15.9 Å². The second-order valence-electron chi connectivity index (χ2n) is 6.51. The molecular formula is C21H28N2O4S. The number of hydrogen-bond donors (Lipinski definition) is 2. The number of sulfonamides is 1. The van der Waals surface area contributed by atoms with E-state index in [1.807, 2.05) is 24.3 Å². The predicted octanol–water partition coefficient (Wildman–Crippen LogP) is 3.40. The Morgan fingerprint density at radius 3 is 2.61 bits per heavy atom. The minimum Gasteiger partial charge on any atom is -0.494 e. The molecule has 7 heteroatoms. The second kappa shape index (κ2) is 10.2. The molecule has 0 bridgehead atoms. The minimum atomic E-state index is -3.61. The second-order valence-corrected chi connectivity index (χ2v) is 8.28. The summed E-state index contributed by atoms with van der Waals surface area (Å²) in [7, 11) is -3.61. The van der Waals surface area contributed by atoms with Gasteiger partial charge in [0.1, 0.15) is 5.75 Å². The normalized spacial score (nSPS) is 11.2. The van der Waals surface area contributed by atoms with E-state index in [1.165, 1.54) is 12.1 Å². The van der Waals surface area contributed by atoms with Gasteiger partial charge in [0.2, 0.25) is 10.0 Å². The number of hydrogen-bond acceptors (Lipinski definition) is 4. The fraction of sp³-hybridized carbons (Fsp3) is 0.381. The third-order valence-corrected chi connectivity index (χ3v) is 5.76. The van der Waals surface area contributed by atoms with Gasteiger partial charge in [-0.25, -0.2) is 13.1 Å². The first-order valence-electron chi connectivity index (χ1n) is 9.47. The quantitative estimate of drug-likeness (QED) is 0.595. The lowest BCUT2D eigenvalue weighted by Crippen LogP contribution is -2.26. The summed E-state index contributed by atoms with van der Waals surface area (Å²) in [4.78, 5) is 12.7. The lowest BCUT2D eigenvalue weighted by molar-refractivity contribution is 0.0950. The number of aryl methyl sites for hydroxylation is 1. The summed E-state index contributed by atoms with van der Waals surface area (Å²) in [5, 5.41) is 2.85. The molecule has 0 aromatic heterocycles. The van der Waals surface area contributed by atoms with Gasteiger partial charge in [0.05, 0.1) is 11.5 Å². The highest BCUT2D eigenvalue weighted by atomic mass is 32.2. The number of unbranched alkanes of at least 4 members (excludes halogenated alkanes) is 1. The third-order valence-electron chi connectivity index (χ3n) is 4.22. The first-order chi connectivity index (χ1) is 13.4. The number of rotatable bonds is 10. The molecule has 1 amide bonds. The molecule has 0 aliphatic carbocycles. The summed E-state index contributed by atoms with van der Waals surface area (Å²) in [6, 6.07) is 12.1. The highest BCUT2D eigenvalue weighted by Gasteiger charge is 2.17. The van der Waals surface area contributed by atoms with Crippen LogP contribution in [0.25, 0.3) is 0 Å². The molecule has 0 aliphatic rings. The van der Waals surface area contributed by atoms with Crippen LogP contribution in [0, 0.1) is 6.92 Å². The van der Waals surface area contributed by atoms with Crippen LogP contribution in [0.15, 0.2) is 47.4 Å². The van der Waals surface area contributed by atoms with Gasteiger partial charge >= 0.3 is 0 Å². The van der Waals surface area contributed by atoms with E-state index in [2.05, 4.69) is 17.0 Å². The number of carbonyl (C=O) groups excluding carboxylic acids is 1. The van der Waals surface area contributed by atoms with Crippen molar-refractivity contribution in [1.82, 2.24) is 10.0 Å². The highest BCUT2D eigenvalue weighted by Crippen LogP contribution is 2.17. The van der Waals surface area contributed by atoms with Gasteiger partial charge in [-0.15, -0.1) is 0 Å². The molecule has 0 saturated heterocycles. The van der Waals surface area contributed by atoms with Crippen molar-refractivity contribution in [1.29, 1.82) is 0 Å². The molecule has 152 valence electrons. The monoisotopic (exact) mass is 404 g/mol. The fourth-order valence-electron chi connectivity index (χ4n) is 2.64. The standard InChI is InChI=1S/C21H28N2O4S/c1-4-6-12-27-18-9-7-8-17(13-18)15-22-21(24)20-14-19(11-10-16(20)3)28(25,26)23-5-2/h7-11,13-14,23H,4-6,12,15H2,1-3H3,(H,22,24). The van der Waals surface area contributed by atoms with E-state index < -0.39 is 10.0 Å². The molecule has 28 heavy (non-hydrogen) atoms. The van der Waals surface area contributed by atoms with Crippen LogP contribution < -0.4 is 14.8 Å². The molecule has 2 aromatic carbocycles. The first-order valence-corrected chi connectivity index (χ1v) is 11.0. The Balaban J connectivity index is 2.08. The van der Waals surface area contributed by atoms with Crippen molar-refractivity contribution in [3.8, 4) is 5.75 Å². The third kappa shape index (κ3) is 6.07. The van der Waals surface area contributed by atoms with Crippen molar-refractivity contribution in [3.63, 3.8) is 0 Å². The van der Waals surface area contributed by atoms with Crippen molar-refractivity contribution in [2.45, 2.75) is 45.1 Å². The summed E-state index contributed by atoms with van der Waals surface area (Å²) in [5.41, 5.74) is 1.97. The molecule has 0 heterocycles. The van der Waals surface area contributed by atoms with Gasteiger partial charge in [0.25, 0.3) is 5.91 Å². The molecule has 0 aliphatic heterocycles. The summed E-state index contributed by atoms with van der Waals surface area (Å²) >= 11 is 0. The Bertz CT molecular complexity index is 910. The maximum atomic E-state index is 12.6. The van der Waals surface area contributed by atoms with E-state index in [1.54, 1.807) is 19.9 Å². The molecule has 2 N–H and O–H groups in total. The Morgan fingerprint density at radius 1 is 1.11 bits per heavy atom. The van der Waals surface area contributed by atoms with Gasteiger partial charge in [0, 0.05) is 18.7 Å². The van der Waals surface area contributed by atoms with Gasteiger partial charge in [0.15, 0.2) is 0 Å². The maximum absolute atomic E-state index is 12.6. The van der Waals surface area contributed by atoms with Crippen LogP contribution in [0.5, 0.6) is 5.75 Å². The van der Waals surface area contributed by atoms with Gasteiger partial charge in [-0.2, -0.15) is 0 Å². The lowest BCUT2D eigenvalue weighted by atomic mass is 10.1. The number of nitrogens with one attached hydrogen (secondary N) is 2. The first kappa shape index (κ1) is 21.9. The van der Waals surface area contributed by atoms with Crippen LogP contribution in [0.4, 0.5) is 0 Å². The van der Waals surface area contributed by atoms with Gasteiger partial charge in [-0.05, 0) is 48.7 Å². The van der Waals surface area contributed by atoms with Crippen LogP contribution in [0.1, 0.15) is 48.2 Å². The zero-order chi connectivity index (χ0) is 20.6. The number of benzene rings is 2. The molecule has 6 nitrogen and oxygen atoms in total. The Kier molecular flexibility index (Phi) is 8.02. The summed E-state index contributed by atoms with van der Waals surface area (Å²) in [6.45, 7) is 6.87. The molecule has 0 atom stereocenters. The molecule has 0 radical (unpaired) electrons. The summed E-state index contributed by atoms with van der Waals surface area (Å²) in [6.07, 6.45) is 2.06. The van der Waals surface area contributed by atoms with Crippen LogP contribution in [-0.4, -0.2) is 27.5 Å². The highest BCUT2D eigenvalue weighted by molar-refractivity contribution is 7.89. The molecule has 2 aromatic rings. The smallest absolute Gasteiger partial charge is 0.251 e. The average molecular weight is 405 g/mol. The minimum absolute atomic E-state index is 0.0800. The van der Waals surface area contributed by atoms with E-state index in [0.717, 1.165) is 24.2 Å². The molecule has 0 fully saturated rings. The topological polar surface area (TPSA) is 84.5 Å². The van der Waals surface area contributed by atoms with Gasteiger partial charge in [-0.1, -0.05) is 38.5 Å². The number of ether oxygens (including phenoxy) is 1.